The molecule has 2 rings (SSSR count). The van der Waals surface area contributed by atoms with Crippen LogP contribution >= 0.6 is 0 Å². The summed E-state index contributed by atoms with van der Waals surface area (Å²) in [7, 11) is 0. The Morgan fingerprint density at radius 3 is 2.42 bits per heavy atom. The summed E-state index contributed by atoms with van der Waals surface area (Å²) in [4.78, 5) is 23.4. The van der Waals surface area contributed by atoms with Gasteiger partial charge in [-0.3, -0.25) is 9.36 Å². The number of nitrogens with zero attached hydrogens (tertiary/aromatic N) is 1. The molecule has 0 unspecified atom stereocenters. The molecule has 1 N–H and O–H groups in total. The summed E-state index contributed by atoms with van der Waals surface area (Å²) in [5, 5.41) is 9.13. The van der Waals surface area contributed by atoms with Crippen LogP contribution in [0.5, 0.6) is 0 Å². The Balaban J connectivity index is 2.78. The fourth-order valence-electron chi connectivity index (χ4n) is 2.07. The van der Waals surface area contributed by atoms with E-state index in [0.717, 1.165) is 11.1 Å². The molecule has 0 saturated heterocycles. The van der Waals surface area contributed by atoms with Crippen molar-refractivity contribution >= 4 is 5.97 Å². The van der Waals surface area contributed by atoms with Crippen molar-refractivity contribution in [3.8, 4) is 5.69 Å². The lowest BCUT2D eigenvalue weighted by atomic mass is 10.1. The number of aromatic carboxylic acids is 1. The highest BCUT2D eigenvalue weighted by Crippen LogP contribution is 2.16. The molecule has 0 aliphatic rings. The summed E-state index contributed by atoms with van der Waals surface area (Å²) < 4.78 is 1.39. The van der Waals surface area contributed by atoms with E-state index in [2.05, 4.69) is 0 Å². The Bertz CT molecular complexity index is 714. The molecule has 0 fully saturated rings. The van der Waals surface area contributed by atoms with Gasteiger partial charge in [0.2, 0.25) is 0 Å². The lowest BCUT2D eigenvalue weighted by molar-refractivity contribution is 0.0694. The van der Waals surface area contributed by atoms with Gasteiger partial charge in [-0.1, -0.05) is 12.1 Å². The van der Waals surface area contributed by atoms with E-state index in [0.29, 0.717) is 11.3 Å². The number of aryl methyl sites for hydroxylation is 2. The summed E-state index contributed by atoms with van der Waals surface area (Å²) in [6.45, 7) is 5.49. The van der Waals surface area contributed by atoms with Crippen molar-refractivity contribution in [1.29, 1.82) is 0 Å². The van der Waals surface area contributed by atoms with Crippen LogP contribution in [0.4, 0.5) is 0 Å². The zero-order chi connectivity index (χ0) is 14.2. The van der Waals surface area contributed by atoms with Crippen LogP contribution in [0.1, 0.15) is 27.0 Å². The van der Waals surface area contributed by atoms with Gasteiger partial charge in [0.15, 0.2) is 0 Å². The monoisotopic (exact) mass is 257 g/mol. The van der Waals surface area contributed by atoms with Crippen molar-refractivity contribution in [2.75, 3.05) is 0 Å². The second-order valence-electron chi connectivity index (χ2n) is 4.57. The second kappa shape index (κ2) is 4.72. The fraction of sp³-hybridized carbons (Fsp3) is 0.200. The first-order valence-electron chi connectivity index (χ1n) is 5.95. The molecule has 0 saturated carbocycles. The topological polar surface area (TPSA) is 59.3 Å². The molecule has 4 nitrogen and oxygen atoms in total. The molecule has 4 heteroatoms. The summed E-state index contributed by atoms with van der Waals surface area (Å²) >= 11 is 0. The normalized spacial score (nSPS) is 10.5. The van der Waals surface area contributed by atoms with E-state index in [1.807, 2.05) is 32.0 Å². The van der Waals surface area contributed by atoms with Crippen LogP contribution in [-0.2, 0) is 0 Å². The van der Waals surface area contributed by atoms with Crippen LogP contribution in [-0.4, -0.2) is 15.6 Å². The highest BCUT2D eigenvalue weighted by atomic mass is 16.4. The first-order chi connectivity index (χ1) is 8.93. The lowest BCUT2D eigenvalue weighted by Crippen LogP contribution is -2.26. The maximum atomic E-state index is 12.3. The largest absolute Gasteiger partial charge is 0.477 e. The van der Waals surface area contributed by atoms with E-state index < -0.39 is 11.5 Å². The minimum Gasteiger partial charge on any atom is -0.477 e. The molecule has 19 heavy (non-hydrogen) atoms. The van der Waals surface area contributed by atoms with E-state index in [1.54, 1.807) is 19.2 Å². The van der Waals surface area contributed by atoms with Crippen molar-refractivity contribution in [3.05, 3.63) is 63.1 Å². The molecule has 1 heterocycles. The second-order valence-corrected chi connectivity index (χ2v) is 4.57. The molecule has 98 valence electrons. The molecule has 0 aliphatic carbocycles. The maximum Gasteiger partial charge on any atom is 0.341 e. The first kappa shape index (κ1) is 13.1. The van der Waals surface area contributed by atoms with E-state index >= 15 is 0 Å². The zero-order valence-corrected chi connectivity index (χ0v) is 11.1. The molecule has 0 radical (unpaired) electrons. The van der Waals surface area contributed by atoms with Gasteiger partial charge in [-0.25, -0.2) is 4.79 Å². The molecular weight excluding hydrogens is 242 g/mol. The Kier molecular flexibility index (Phi) is 3.25. The Morgan fingerprint density at radius 1 is 1.11 bits per heavy atom. The predicted octanol–water partition coefficient (Wildman–Crippen LogP) is 2.46. The molecule has 2 aromatic rings. The molecule has 1 aromatic carbocycles. The van der Waals surface area contributed by atoms with Gasteiger partial charge < -0.3 is 5.11 Å². The fourth-order valence-corrected chi connectivity index (χ4v) is 2.07. The first-order valence-corrected chi connectivity index (χ1v) is 5.95. The number of hydrogen-bond acceptors (Lipinski definition) is 2. The van der Waals surface area contributed by atoms with Crippen LogP contribution in [0, 0.1) is 20.8 Å². The number of aromatic nitrogens is 1. The van der Waals surface area contributed by atoms with Crippen molar-refractivity contribution in [1.82, 2.24) is 4.57 Å². The number of carboxylic acid groups (broad SMARTS) is 1. The number of benzene rings is 1. The van der Waals surface area contributed by atoms with Gasteiger partial charge in [-0.05, 0) is 49.6 Å². The molecule has 1 aromatic heterocycles. The Labute approximate surface area is 110 Å². The molecule has 0 spiro atoms. The summed E-state index contributed by atoms with van der Waals surface area (Å²) in [6.07, 6.45) is 1.62. The van der Waals surface area contributed by atoms with E-state index in [1.165, 1.54) is 4.57 Å². The Hall–Kier alpha value is -2.36. The van der Waals surface area contributed by atoms with E-state index in [-0.39, 0.29) is 5.56 Å². The van der Waals surface area contributed by atoms with Gasteiger partial charge in [-0.15, -0.1) is 0 Å². The van der Waals surface area contributed by atoms with Crippen molar-refractivity contribution in [2.24, 2.45) is 0 Å². The van der Waals surface area contributed by atoms with Crippen LogP contribution in [0.15, 0.2) is 35.3 Å². The van der Waals surface area contributed by atoms with Gasteiger partial charge in [0.25, 0.3) is 5.56 Å². The van der Waals surface area contributed by atoms with Crippen LogP contribution in [0.25, 0.3) is 5.69 Å². The third-order valence-electron chi connectivity index (χ3n) is 3.35. The van der Waals surface area contributed by atoms with Crippen molar-refractivity contribution in [2.45, 2.75) is 20.8 Å². The van der Waals surface area contributed by atoms with Gasteiger partial charge in [0.05, 0.1) is 5.69 Å². The molecule has 0 aliphatic heterocycles. The van der Waals surface area contributed by atoms with E-state index in [9.17, 15) is 9.59 Å². The average Bonchev–Trinajstić information content (AvgIpc) is 2.33. The minimum absolute atomic E-state index is 0.177. The standard InChI is InChI=1S/C15H15NO3/c1-9-5-4-6-12(11(9)3)16-8-7-10(2)13(14(16)17)15(18)19/h4-8H,1-3H3,(H,18,19). The number of carboxylic acids is 1. The quantitative estimate of drug-likeness (QED) is 0.899. The van der Waals surface area contributed by atoms with Crippen molar-refractivity contribution < 1.29 is 9.90 Å². The molecular formula is C15H15NO3. The summed E-state index contributed by atoms with van der Waals surface area (Å²) in [5.74, 6) is -1.19. The SMILES string of the molecule is Cc1cccc(-n2ccc(C)c(C(=O)O)c2=O)c1C. The summed E-state index contributed by atoms with van der Waals surface area (Å²) in [6, 6.07) is 7.26. The van der Waals surface area contributed by atoms with Gasteiger partial charge in [-0.2, -0.15) is 0 Å². The third kappa shape index (κ3) is 2.17. The summed E-state index contributed by atoms with van der Waals surface area (Å²) in [5.41, 5.74) is 2.53. The third-order valence-corrected chi connectivity index (χ3v) is 3.35. The smallest absolute Gasteiger partial charge is 0.341 e. The number of pyridine rings is 1. The molecule has 0 atom stereocenters. The maximum absolute atomic E-state index is 12.3. The van der Waals surface area contributed by atoms with Gasteiger partial charge in [0.1, 0.15) is 5.56 Å². The van der Waals surface area contributed by atoms with Gasteiger partial charge in [0, 0.05) is 6.20 Å². The Morgan fingerprint density at radius 2 is 1.79 bits per heavy atom. The molecule has 0 amide bonds. The molecule has 0 bridgehead atoms. The number of rotatable bonds is 2. The number of hydrogen-bond donors (Lipinski definition) is 1. The lowest BCUT2D eigenvalue weighted by Gasteiger charge is -2.12. The minimum atomic E-state index is -1.19. The highest BCUT2D eigenvalue weighted by Gasteiger charge is 2.16. The number of carbonyl (C=O) groups is 1. The van der Waals surface area contributed by atoms with Crippen LogP contribution in [0.2, 0.25) is 0 Å². The highest BCUT2D eigenvalue weighted by molar-refractivity contribution is 5.88. The van der Waals surface area contributed by atoms with Crippen molar-refractivity contribution in [3.63, 3.8) is 0 Å². The predicted molar refractivity (Wildman–Crippen MR) is 73.2 cm³/mol. The van der Waals surface area contributed by atoms with Crippen LogP contribution < -0.4 is 5.56 Å². The van der Waals surface area contributed by atoms with Gasteiger partial charge >= 0.3 is 5.97 Å². The van der Waals surface area contributed by atoms with Crippen LogP contribution in [0.3, 0.4) is 0 Å². The van der Waals surface area contributed by atoms with E-state index in [4.69, 9.17) is 5.11 Å². The average molecular weight is 257 g/mol. The zero-order valence-electron chi connectivity index (χ0n) is 11.1.